The molecular formula is C11H17ClO. The summed E-state index contributed by atoms with van der Waals surface area (Å²) in [6.45, 7) is 0. The van der Waals surface area contributed by atoms with Crippen molar-refractivity contribution >= 4 is 17.4 Å². The van der Waals surface area contributed by atoms with Gasteiger partial charge >= 0.3 is 0 Å². The number of Topliss-reactive ketones (excluding diaryl/α,β-unsaturated/α-hetero) is 1. The standard InChI is InChI=1S/C11H17ClO/c12-5-1-2-11(13)10-7-8-3-4-9(10)6-8/h8-10H,1-7H2/t8-,9+,10+/m0/s1. The van der Waals surface area contributed by atoms with Crippen molar-refractivity contribution in [2.24, 2.45) is 17.8 Å². The van der Waals surface area contributed by atoms with Crippen molar-refractivity contribution < 1.29 is 4.79 Å². The molecule has 13 heavy (non-hydrogen) atoms. The third kappa shape index (κ3) is 1.90. The highest BCUT2D eigenvalue weighted by Gasteiger charge is 2.42. The first-order valence-corrected chi connectivity index (χ1v) is 5.93. The van der Waals surface area contributed by atoms with Crippen molar-refractivity contribution in [1.29, 1.82) is 0 Å². The largest absolute Gasteiger partial charge is 0.299 e. The Morgan fingerprint density at radius 3 is 2.69 bits per heavy atom. The molecule has 2 aliphatic carbocycles. The number of carbonyl (C=O) groups excluding carboxylic acids is 1. The van der Waals surface area contributed by atoms with Crippen LogP contribution in [-0.4, -0.2) is 11.7 Å². The molecule has 0 aliphatic heterocycles. The second-order valence-electron chi connectivity index (χ2n) is 4.54. The highest BCUT2D eigenvalue weighted by molar-refractivity contribution is 6.17. The number of alkyl halides is 1. The first kappa shape index (κ1) is 9.51. The molecule has 1 nitrogen and oxygen atoms in total. The van der Waals surface area contributed by atoms with Crippen LogP contribution in [0.1, 0.15) is 38.5 Å². The lowest BCUT2D eigenvalue weighted by Crippen LogP contribution is -2.20. The second kappa shape index (κ2) is 4.00. The van der Waals surface area contributed by atoms with Crippen LogP contribution in [0.25, 0.3) is 0 Å². The number of ketones is 1. The molecule has 2 rings (SSSR count). The summed E-state index contributed by atoms with van der Waals surface area (Å²) in [5, 5.41) is 0. The van der Waals surface area contributed by atoms with Gasteiger partial charge in [0.1, 0.15) is 5.78 Å². The zero-order chi connectivity index (χ0) is 9.26. The first-order chi connectivity index (χ1) is 6.31. The van der Waals surface area contributed by atoms with E-state index in [1.54, 1.807) is 0 Å². The van der Waals surface area contributed by atoms with E-state index in [1.165, 1.54) is 25.7 Å². The lowest BCUT2D eigenvalue weighted by molar-refractivity contribution is -0.124. The number of rotatable bonds is 4. The van der Waals surface area contributed by atoms with E-state index in [0.29, 0.717) is 17.6 Å². The Labute approximate surface area is 84.8 Å². The van der Waals surface area contributed by atoms with Crippen molar-refractivity contribution in [1.82, 2.24) is 0 Å². The van der Waals surface area contributed by atoms with Gasteiger partial charge in [-0.3, -0.25) is 4.79 Å². The lowest BCUT2D eigenvalue weighted by atomic mass is 9.84. The third-order valence-electron chi connectivity index (χ3n) is 3.71. The molecule has 2 bridgehead atoms. The Morgan fingerprint density at radius 2 is 2.15 bits per heavy atom. The molecular weight excluding hydrogens is 184 g/mol. The van der Waals surface area contributed by atoms with Gasteiger partial charge in [-0.2, -0.15) is 0 Å². The smallest absolute Gasteiger partial charge is 0.136 e. The van der Waals surface area contributed by atoms with Gasteiger partial charge in [0.2, 0.25) is 0 Å². The molecule has 2 heteroatoms. The molecule has 0 aromatic carbocycles. The molecule has 3 atom stereocenters. The topological polar surface area (TPSA) is 17.1 Å². The van der Waals surface area contributed by atoms with Crippen molar-refractivity contribution in [2.75, 3.05) is 5.88 Å². The maximum absolute atomic E-state index is 11.7. The fourth-order valence-electron chi connectivity index (χ4n) is 3.07. The quantitative estimate of drug-likeness (QED) is 0.638. The molecule has 0 aromatic rings. The average molecular weight is 201 g/mol. The summed E-state index contributed by atoms with van der Waals surface area (Å²) in [7, 11) is 0. The number of hydrogen-bond donors (Lipinski definition) is 0. The van der Waals surface area contributed by atoms with Crippen LogP contribution in [0.15, 0.2) is 0 Å². The van der Waals surface area contributed by atoms with Crippen LogP contribution in [0.5, 0.6) is 0 Å². The normalized spacial score (nSPS) is 36.8. The predicted molar refractivity (Wildman–Crippen MR) is 53.9 cm³/mol. The summed E-state index contributed by atoms with van der Waals surface area (Å²) in [6.07, 6.45) is 6.79. The van der Waals surface area contributed by atoms with Crippen molar-refractivity contribution in [3.63, 3.8) is 0 Å². The molecule has 0 N–H and O–H groups in total. The van der Waals surface area contributed by atoms with E-state index in [9.17, 15) is 4.79 Å². The molecule has 0 heterocycles. The van der Waals surface area contributed by atoms with Crippen molar-refractivity contribution in [3.8, 4) is 0 Å². The van der Waals surface area contributed by atoms with E-state index in [4.69, 9.17) is 11.6 Å². The van der Waals surface area contributed by atoms with Crippen LogP contribution in [-0.2, 0) is 4.79 Å². The van der Waals surface area contributed by atoms with Gasteiger partial charge < -0.3 is 0 Å². The van der Waals surface area contributed by atoms with Gasteiger partial charge in [0.25, 0.3) is 0 Å². The van der Waals surface area contributed by atoms with Gasteiger partial charge in [-0.1, -0.05) is 6.42 Å². The third-order valence-corrected chi connectivity index (χ3v) is 3.98. The van der Waals surface area contributed by atoms with E-state index in [2.05, 4.69) is 0 Å². The summed E-state index contributed by atoms with van der Waals surface area (Å²) in [5.41, 5.74) is 0. The number of fused-ring (bicyclic) bond motifs is 2. The molecule has 0 spiro atoms. The first-order valence-electron chi connectivity index (χ1n) is 5.40. The number of carbonyl (C=O) groups is 1. The van der Waals surface area contributed by atoms with Crippen LogP contribution in [0.4, 0.5) is 0 Å². The molecule has 0 saturated heterocycles. The Kier molecular flexibility index (Phi) is 2.92. The summed E-state index contributed by atoms with van der Waals surface area (Å²) in [6, 6.07) is 0. The van der Waals surface area contributed by atoms with E-state index in [0.717, 1.165) is 24.7 Å². The van der Waals surface area contributed by atoms with E-state index < -0.39 is 0 Å². The fraction of sp³-hybridized carbons (Fsp3) is 0.909. The number of hydrogen-bond acceptors (Lipinski definition) is 1. The lowest BCUT2D eigenvalue weighted by Gasteiger charge is -2.19. The summed E-state index contributed by atoms with van der Waals surface area (Å²) >= 11 is 5.58. The molecule has 0 unspecified atom stereocenters. The zero-order valence-electron chi connectivity index (χ0n) is 7.97. The maximum atomic E-state index is 11.7. The van der Waals surface area contributed by atoms with Crippen molar-refractivity contribution in [2.45, 2.75) is 38.5 Å². The maximum Gasteiger partial charge on any atom is 0.136 e. The van der Waals surface area contributed by atoms with Gasteiger partial charge in [-0.15, -0.1) is 11.6 Å². The van der Waals surface area contributed by atoms with Gasteiger partial charge in [-0.25, -0.2) is 0 Å². The molecule has 2 fully saturated rings. The molecule has 74 valence electrons. The SMILES string of the molecule is O=C(CCCCl)[C@@H]1C[C@H]2CC[C@@H]1C2. The Bertz CT molecular complexity index is 202. The van der Waals surface area contributed by atoms with Crippen molar-refractivity contribution in [3.05, 3.63) is 0 Å². The average Bonchev–Trinajstić information content (AvgIpc) is 2.74. The second-order valence-corrected chi connectivity index (χ2v) is 4.92. The molecule has 2 saturated carbocycles. The van der Waals surface area contributed by atoms with Gasteiger partial charge in [0.05, 0.1) is 0 Å². The Morgan fingerprint density at radius 1 is 1.31 bits per heavy atom. The summed E-state index contributed by atoms with van der Waals surface area (Å²) in [4.78, 5) is 11.7. The minimum atomic E-state index is 0.418. The molecule has 0 amide bonds. The Hall–Kier alpha value is -0.0400. The molecule has 0 radical (unpaired) electrons. The predicted octanol–water partition coefficient (Wildman–Crippen LogP) is 3.01. The molecule has 0 aromatic heterocycles. The zero-order valence-corrected chi connectivity index (χ0v) is 8.72. The summed E-state index contributed by atoms with van der Waals surface area (Å²) in [5.74, 6) is 3.17. The van der Waals surface area contributed by atoms with Crippen LogP contribution in [0.3, 0.4) is 0 Å². The highest BCUT2D eigenvalue weighted by atomic mass is 35.5. The van der Waals surface area contributed by atoms with E-state index in [1.807, 2.05) is 0 Å². The van der Waals surface area contributed by atoms with E-state index in [-0.39, 0.29) is 0 Å². The van der Waals surface area contributed by atoms with E-state index >= 15 is 0 Å². The molecule has 2 aliphatic rings. The van der Waals surface area contributed by atoms with Gasteiger partial charge in [0, 0.05) is 18.2 Å². The minimum absolute atomic E-state index is 0.418. The van der Waals surface area contributed by atoms with Crippen LogP contribution >= 0.6 is 11.6 Å². The fourth-order valence-corrected chi connectivity index (χ4v) is 3.20. The minimum Gasteiger partial charge on any atom is -0.299 e. The van der Waals surface area contributed by atoms with Gasteiger partial charge in [-0.05, 0) is 37.5 Å². The Balaban J connectivity index is 1.84. The summed E-state index contributed by atoms with van der Waals surface area (Å²) < 4.78 is 0. The monoisotopic (exact) mass is 200 g/mol. The van der Waals surface area contributed by atoms with Crippen LogP contribution in [0, 0.1) is 17.8 Å². The van der Waals surface area contributed by atoms with Gasteiger partial charge in [0.15, 0.2) is 0 Å². The highest BCUT2D eigenvalue weighted by Crippen LogP contribution is 2.48. The number of halogens is 1. The van der Waals surface area contributed by atoms with Crippen LogP contribution < -0.4 is 0 Å². The van der Waals surface area contributed by atoms with Crippen LogP contribution in [0.2, 0.25) is 0 Å².